The number of ether oxygens (including phenoxy) is 2. The Hall–Kier alpha value is -2.01. The summed E-state index contributed by atoms with van der Waals surface area (Å²) in [5.41, 5.74) is 3.63. The predicted molar refractivity (Wildman–Crippen MR) is 120 cm³/mol. The van der Waals surface area contributed by atoms with Crippen molar-refractivity contribution in [3.8, 4) is 11.5 Å². The molecule has 2 fully saturated rings. The Morgan fingerprint density at radius 3 is 2.63 bits per heavy atom. The Morgan fingerprint density at radius 1 is 1.13 bits per heavy atom. The van der Waals surface area contributed by atoms with Gasteiger partial charge >= 0.3 is 0 Å². The Morgan fingerprint density at radius 2 is 1.90 bits per heavy atom. The second-order valence-corrected chi connectivity index (χ2v) is 9.90. The molecule has 2 aromatic carbocycles. The quantitative estimate of drug-likeness (QED) is 0.588. The van der Waals surface area contributed by atoms with E-state index in [0.717, 1.165) is 48.2 Å². The van der Waals surface area contributed by atoms with Crippen molar-refractivity contribution >= 4 is 21.8 Å². The van der Waals surface area contributed by atoms with E-state index in [0.29, 0.717) is 19.1 Å². The summed E-state index contributed by atoms with van der Waals surface area (Å²) < 4.78 is 13.2. The molecule has 1 saturated heterocycles. The number of hydrogen-bond acceptors (Lipinski definition) is 3. The van der Waals surface area contributed by atoms with E-state index < -0.39 is 0 Å². The third-order valence-electron chi connectivity index (χ3n) is 7.08. The first-order valence-electron chi connectivity index (χ1n) is 11.0. The number of fused-ring (bicyclic) bond motifs is 2. The number of likely N-dealkylation sites (tertiary alicyclic amines) is 1. The number of methoxy groups -OCH3 is 1. The van der Waals surface area contributed by atoms with Gasteiger partial charge in [-0.15, -0.1) is 0 Å². The second kappa shape index (κ2) is 7.92. The first-order valence-corrected chi connectivity index (χ1v) is 11.8. The van der Waals surface area contributed by atoms with E-state index in [9.17, 15) is 4.79 Å². The van der Waals surface area contributed by atoms with Gasteiger partial charge in [-0.25, -0.2) is 0 Å². The first kappa shape index (κ1) is 19.9. The smallest absolute Gasteiger partial charge is 0.223 e. The molecule has 5 rings (SSSR count). The van der Waals surface area contributed by atoms with Crippen molar-refractivity contribution in [2.75, 3.05) is 13.7 Å². The summed E-state index contributed by atoms with van der Waals surface area (Å²) >= 11 is 3.48. The molecule has 3 aliphatic rings. The summed E-state index contributed by atoms with van der Waals surface area (Å²) in [6.07, 6.45) is 7.56. The van der Waals surface area contributed by atoms with Crippen LogP contribution in [-0.4, -0.2) is 30.6 Å². The Kier molecular flexibility index (Phi) is 5.26. The fraction of sp³-hybridized carbons (Fsp3) is 0.480. The molecule has 30 heavy (non-hydrogen) atoms. The number of benzene rings is 2. The molecule has 1 atom stereocenters. The van der Waals surface area contributed by atoms with Gasteiger partial charge in [-0.1, -0.05) is 34.1 Å². The molecular weight excluding hydrogens is 442 g/mol. The van der Waals surface area contributed by atoms with Gasteiger partial charge in [0.05, 0.1) is 13.2 Å². The topological polar surface area (TPSA) is 38.8 Å². The van der Waals surface area contributed by atoms with Crippen molar-refractivity contribution in [3.63, 3.8) is 0 Å². The Bertz CT molecular complexity index is 952. The molecule has 0 unspecified atom stereocenters. The third-order valence-corrected chi connectivity index (χ3v) is 7.61. The lowest BCUT2D eigenvalue weighted by Crippen LogP contribution is -2.29. The highest BCUT2D eigenvalue weighted by atomic mass is 79.9. The maximum Gasteiger partial charge on any atom is 0.223 e. The van der Waals surface area contributed by atoms with Gasteiger partial charge in [0, 0.05) is 35.0 Å². The molecule has 0 bridgehead atoms. The molecule has 1 saturated carbocycles. The third kappa shape index (κ3) is 3.51. The van der Waals surface area contributed by atoms with E-state index in [4.69, 9.17) is 9.47 Å². The molecule has 158 valence electrons. The highest BCUT2D eigenvalue weighted by Crippen LogP contribution is 2.51. The van der Waals surface area contributed by atoms with Crippen LogP contribution in [0.15, 0.2) is 40.9 Å². The lowest BCUT2D eigenvalue weighted by Gasteiger charge is -2.26. The molecule has 2 aromatic rings. The molecule has 2 aliphatic carbocycles. The fourth-order valence-electron chi connectivity index (χ4n) is 5.53. The summed E-state index contributed by atoms with van der Waals surface area (Å²) in [6.45, 7) is 1.45. The summed E-state index contributed by atoms with van der Waals surface area (Å²) in [6, 6.07) is 12.5. The monoisotopic (exact) mass is 469 g/mol. The van der Waals surface area contributed by atoms with Gasteiger partial charge in [-0.05, 0) is 67.9 Å². The normalized spacial score (nSPS) is 23.4. The van der Waals surface area contributed by atoms with E-state index >= 15 is 0 Å². The number of rotatable bonds is 5. The fourth-order valence-corrected chi connectivity index (χ4v) is 5.79. The maximum absolute atomic E-state index is 13.0. The van der Waals surface area contributed by atoms with Gasteiger partial charge in [0.15, 0.2) is 11.5 Å². The van der Waals surface area contributed by atoms with E-state index in [1.54, 1.807) is 7.11 Å². The van der Waals surface area contributed by atoms with Crippen molar-refractivity contribution in [2.24, 2.45) is 0 Å². The van der Waals surface area contributed by atoms with Crippen LogP contribution in [0.2, 0.25) is 0 Å². The van der Waals surface area contributed by atoms with Crippen LogP contribution in [0.4, 0.5) is 0 Å². The maximum atomic E-state index is 13.0. The van der Waals surface area contributed by atoms with Crippen LogP contribution in [0.1, 0.15) is 55.2 Å². The molecule has 0 aromatic heterocycles. The lowest BCUT2D eigenvalue weighted by atomic mass is 9.81. The number of amides is 1. The van der Waals surface area contributed by atoms with E-state index in [1.165, 1.54) is 29.5 Å². The van der Waals surface area contributed by atoms with E-state index in [-0.39, 0.29) is 11.3 Å². The summed E-state index contributed by atoms with van der Waals surface area (Å²) in [5, 5.41) is 0. The Labute approximate surface area is 186 Å². The van der Waals surface area contributed by atoms with E-state index in [2.05, 4.69) is 34.1 Å². The highest BCUT2D eigenvalue weighted by Gasteiger charge is 2.49. The predicted octanol–water partition coefficient (Wildman–Crippen LogP) is 5.40. The summed E-state index contributed by atoms with van der Waals surface area (Å²) in [5.74, 6) is 2.01. The number of nitrogens with zero attached hydrogens (tertiary/aromatic N) is 1. The SMILES string of the molecule is COc1ccc2c(c1OC1CCCC1)CC[C@]21CC(=O)N(Cc2ccc(Br)cc2)C1. The van der Waals surface area contributed by atoms with Crippen molar-refractivity contribution < 1.29 is 14.3 Å². The first-order chi connectivity index (χ1) is 14.6. The van der Waals surface area contributed by atoms with Gasteiger partial charge in [-0.2, -0.15) is 0 Å². The van der Waals surface area contributed by atoms with Gasteiger partial charge in [0.25, 0.3) is 0 Å². The summed E-state index contributed by atoms with van der Waals surface area (Å²) in [4.78, 5) is 15.0. The van der Waals surface area contributed by atoms with Crippen LogP contribution in [0.5, 0.6) is 11.5 Å². The van der Waals surface area contributed by atoms with Gasteiger partial charge in [0.1, 0.15) is 0 Å². The zero-order chi connectivity index (χ0) is 20.7. The molecule has 5 heteroatoms. The zero-order valence-electron chi connectivity index (χ0n) is 17.5. The largest absolute Gasteiger partial charge is 0.493 e. The van der Waals surface area contributed by atoms with Crippen LogP contribution in [0.25, 0.3) is 0 Å². The molecule has 1 spiro atoms. The zero-order valence-corrected chi connectivity index (χ0v) is 19.0. The van der Waals surface area contributed by atoms with E-state index in [1.807, 2.05) is 23.1 Å². The van der Waals surface area contributed by atoms with Crippen LogP contribution in [0, 0.1) is 0 Å². The Balaban J connectivity index is 1.42. The molecule has 0 radical (unpaired) electrons. The summed E-state index contributed by atoms with van der Waals surface area (Å²) in [7, 11) is 1.72. The van der Waals surface area contributed by atoms with Crippen molar-refractivity contribution in [3.05, 3.63) is 57.6 Å². The van der Waals surface area contributed by atoms with Gasteiger partial charge in [-0.3, -0.25) is 4.79 Å². The van der Waals surface area contributed by atoms with Gasteiger partial charge < -0.3 is 14.4 Å². The lowest BCUT2D eigenvalue weighted by molar-refractivity contribution is -0.128. The average Bonchev–Trinajstić information content (AvgIpc) is 3.45. The molecular formula is C25H28BrNO3. The molecule has 1 aliphatic heterocycles. The second-order valence-electron chi connectivity index (χ2n) is 8.98. The number of halogens is 1. The molecule has 1 amide bonds. The minimum Gasteiger partial charge on any atom is -0.493 e. The molecule has 1 heterocycles. The minimum atomic E-state index is -0.0954. The van der Waals surface area contributed by atoms with Crippen LogP contribution < -0.4 is 9.47 Å². The average molecular weight is 470 g/mol. The standard InChI is InChI=1S/C25H28BrNO3/c1-29-22-11-10-21-20(24(22)30-19-4-2-3-5-19)12-13-25(21)14-23(28)27(16-25)15-17-6-8-18(26)9-7-17/h6-11,19H,2-5,12-16H2,1H3/t25-/m1/s1. The number of carbonyl (C=O) groups excluding carboxylic acids is 1. The van der Waals surface area contributed by atoms with Crippen molar-refractivity contribution in [1.29, 1.82) is 0 Å². The van der Waals surface area contributed by atoms with Gasteiger partial charge in [0.2, 0.25) is 5.91 Å². The molecule has 4 nitrogen and oxygen atoms in total. The molecule has 0 N–H and O–H groups in total. The van der Waals surface area contributed by atoms with Crippen LogP contribution in [0.3, 0.4) is 0 Å². The minimum absolute atomic E-state index is 0.0954. The number of hydrogen-bond donors (Lipinski definition) is 0. The van der Waals surface area contributed by atoms with Crippen LogP contribution in [-0.2, 0) is 23.2 Å². The van der Waals surface area contributed by atoms with Crippen molar-refractivity contribution in [2.45, 2.75) is 63.0 Å². The van der Waals surface area contributed by atoms with Crippen molar-refractivity contribution in [1.82, 2.24) is 4.90 Å². The van der Waals surface area contributed by atoms with Crippen LogP contribution >= 0.6 is 15.9 Å². The highest BCUT2D eigenvalue weighted by molar-refractivity contribution is 9.10. The number of carbonyl (C=O) groups is 1.